The van der Waals surface area contributed by atoms with Gasteiger partial charge in [0.25, 0.3) is 11.5 Å². The molecule has 11 nitrogen and oxygen atoms in total. The third-order valence-corrected chi connectivity index (χ3v) is 4.25. The number of nitrogens with zero attached hydrogens (tertiary/aromatic N) is 4. The van der Waals surface area contributed by atoms with Crippen LogP contribution < -0.4 is 22.3 Å². The molecule has 152 valence electrons. The van der Waals surface area contributed by atoms with E-state index in [0.29, 0.717) is 30.5 Å². The van der Waals surface area contributed by atoms with Gasteiger partial charge in [-0.15, -0.1) is 0 Å². The molecule has 1 amide bonds. The number of nitrogens with two attached hydrogens (primary N) is 2. The number of carbonyl (C=O) groups excluding carboxylic acids is 1. The second-order valence-electron chi connectivity index (χ2n) is 6.24. The van der Waals surface area contributed by atoms with Crippen molar-refractivity contribution >= 4 is 23.1 Å². The van der Waals surface area contributed by atoms with Crippen LogP contribution >= 0.6 is 0 Å². The Labute approximate surface area is 170 Å². The van der Waals surface area contributed by atoms with E-state index in [9.17, 15) is 9.59 Å². The highest BCUT2D eigenvalue weighted by Crippen LogP contribution is 2.19. The summed E-state index contributed by atoms with van der Waals surface area (Å²) in [4.78, 5) is 39.5. The number of ether oxygens (including phenoxy) is 1. The maximum absolute atomic E-state index is 12.8. The summed E-state index contributed by atoms with van der Waals surface area (Å²) < 4.78 is 7.04. The standard InChI is InChI=1S/C19H18N8O3/c20-16(15-14(23-7-9-30-15)18-24-10-12(26-18)17(21)28)25-11-4-3-8-27(19(11)29)13-5-1-2-6-22-13/h1-6,8,10,23H,7,9H2,(H2,20,25)(H2,21,28)(H,24,26). The number of hydrogen-bond acceptors (Lipinski definition) is 7. The van der Waals surface area contributed by atoms with Crippen LogP contribution in [0.25, 0.3) is 11.5 Å². The topological polar surface area (TPSA) is 166 Å². The molecule has 3 aromatic rings. The molecule has 0 bridgehead atoms. The summed E-state index contributed by atoms with van der Waals surface area (Å²) in [6, 6.07) is 8.46. The fourth-order valence-corrected chi connectivity index (χ4v) is 2.87. The number of amidine groups is 1. The predicted molar refractivity (Wildman–Crippen MR) is 109 cm³/mol. The van der Waals surface area contributed by atoms with Gasteiger partial charge < -0.3 is 26.5 Å². The van der Waals surface area contributed by atoms with Crippen molar-refractivity contribution in [2.75, 3.05) is 13.2 Å². The fraction of sp³-hybridized carbons (Fsp3) is 0.105. The van der Waals surface area contributed by atoms with Crippen molar-refractivity contribution in [1.29, 1.82) is 0 Å². The lowest BCUT2D eigenvalue weighted by Crippen LogP contribution is -2.32. The van der Waals surface area contributed by atoms with Crippen LogP contribution in [0.4, 0.5) is 5.69 Å². The number of aromatic amines is 1. The lowest BCUT2D eigenvalue weighted by Gasteiger charge is -2.21. The zero-order chi connectivity index (χ0) is 21.1. The number of aliphatic imine (C=N–C) groups is 1. The van der Waals surface area contributed by atoms with Crippen molar-refractivity contribution in [1.82, 2.24) is 24.8 Å². The maximum atomic E-state index is 12.8. The molecule has 4 rings (SSSR count). The van der Waals surface area contributed by atoms with Gasteiger partial charge in [0.05, 0.1) is 6.20 Å². The molecule has 0 saturated heterocycles. The highest BCUT2D eigenvalue weighted by atomic mass is 16.5. The van der Waals surface area contributed by atoms with Crippen LogP contribution in [0.1, 0.15) is 16.3 Å². The Kier molecular flexibility index (Phi) is 4.99. The average molecular weight is 406 g/mol. The van der Waals surface area contributed by atoms with Gasteiger partial charge in [-0.1, -0.05) is 6.07 Å². The van der Waals surface area contributed by atoms with Gasteiger partial charge in [0.15, 0.2) is 17.4 Å². The van der Waals surface area contributed by atoms with Crippen LogP contribution in [0, 0.1) is 0 Å². The first-order chi connectivity index (χ1) is 14.5. The molecule has 1 aliphatic rings. The SMILES string of the molecule is NC(=O)c1cnc(C2=C(C(N)=Nc3cccn(-c4ccccn4)c3=O)OCCN2)[nH]1. The van der Waals surface area contributed by atoms with Gasteiger partial charge >= 0.3 is 0 Å². The highest BCUT2D eigenvalue weighted by molar-refractivity contribution is 6.03. The molecule has 0 unspecified atom stereocenters. The molecule has 30 heavy (non-hydrogen) atoms. The van der Waals surface area contributed by atoms with E-state index in [0.717, 1.165) is 0 Å². The molecule has 0 fully saturated rings. The number of amides is 1. The number of rotatable bonds is 5. The van der Waals surface area contributed by atoms with Crippen LogP contribution in [0.2, 0.25) is 0 Å². The van der Waals surface area contributed by atoms with Crippen molar-refractivity contribution in [3.05, 3.63) is 76.6 Å². The van der Waals surface area contributed by atoms with Crippen LogP contribution in [0.3, 0.4) is 0 Å². The number of hydrogen-bond donors (Lipinski definition) is 4. The number of pyridine rings is 2. The van der Waals surface area contributed by atoms with E-state index in [1.165, 1.54) is 10.8 Å². The first kappa shape index (κ1) is 18.9. The Balaban J connectivity index is 1.75. The lowest BCUT2D eigenvalue weighted by molar-refractivity contribution is 0.0996. The molecule has 0 atom stereocenters. The smallest absolute Gasteiger partial charge is 0.282 e. The van der Waals surface area contributed by atoms with Gasteiger partial charge in [0, 0.05) is 18.9 Å². The summed E-state index contributed by atoms with van der Waals surface area (Å²) in [6.07, 6.45) is 4.50. The van der Waals surface area contributed by atoms with Crippen molar-refractivity contribution in [2.45, 2.75) is 0 Å². The van der Waals surface area contributed by atoms with E-state index >= 15 is 0 Å². The number of H-pyrrole nitrogens is 1. The number of imidazole rings is 1. The summed E-state index contributed by atoms with van der Waals surface area (Å²) >= 11 is 0. The Bertz CT molecular complexity index is 1210. The van der Waals surface area contributed by atoms with E-state index in [-0.39, 0.29) is 28.5 Å². The minimum Gasteiger partial charge on any atom is -0.486 e. The molecule has 3 aromatic heterocycles. The van der Waals surface area contributed by atoms with E-state index in [2.05, 4.69) is 25.3 Å². The summed E-state index contributed by atoms with van der Waals surface area (Å²) in [5, 5.41) is 3.11. The molecule has 0 aromatic carbocycles. The highest BCUT2D eigenvalue weighted by Gasteiger charge is 2.22. The minimum absolute atomic E-state index is 0.0231. The maximum Gasteiger partial charge on any atom is 0.282 e. The van der Waals surface area contributed by atoms with E-state index in [1.54, 1.807) is 42.7 Å². The monoisotopic (exact) mass is 406 g/mol. The molecule has 0 radical (unpaired) electrons. The van der Waals surface area contributed by atoms with Crippen molar-refractivity contribution in [2.24, 2.45) is 16.5 Å². The fourth-order valence-electron chi connectivity index (χ4n) is 2.87. The third-order valence-electron chi connectivity index (χ3n) is 4.25. The molecule has 0 aliphatic carbocycles. The molecule has 0 saturated carbocycles. The molecule has 4 heterocycles. The summed E-state index contributed by atoms with van der Waals surface area (Å²) in [5.74, 6) is 0.316. The van der Waals surface area contributed by atoms with E-state index < -0.39 is 5.91 Å². The first-order valence-corrected chi connectivity index (χ1v) is 8.98. The minimum atomic E-state index is -0.645. The predicted octanol–water partition coefficient (Wildman–Crippen LogP) is 0.0318. The number of nitrogens with one attached hydrogen (secondary N) is 2. The van der Waals surface area contributed by atoms with Gasteiger partial charge in [0.1, 0.15) is 29.5 Å². The number of primary amides is 1. The molecule has 11 heteroatoms. The van der Waals surface area contributed by atoms with Crippen LogP contribution in [0.5, 0.6) is 0 Å². The van der Waals surface area contributed by atoms with Gasteiger partial charge in [-0.2, -0.15) is 0 Å². The zero-order valence-corrected chi connectivity index (χ0v) is 15.7. The van der Waals surface area contributed by atoms with Crippen molar-refractivity contribution < 1.29 is 9.53 Å². The lowest BCUT2D eigenvalue weighted by atomic mass is 10.2. The molecule has 6 N–H and O–H groups in total. The Morgan fingerprint density at radius 1 is 1.20 bits per heavy atom. The van der Waals surface area contributed by atoms with E-state index in [4.69, 9.17) is 16.2 Å². The van der Waals surface area contributed by atoms with Crippen molar-refractivity contribution in [3.63, 3.8) is 0 Å². The second-order valence-corrected chi connectivity index (χ2v) is 6.24. The molecule has 0 spiro atoms. The molecule has 1 aliphatic heterocycles. The molecular formula is C19H18N8O3. The summed E-state index contributed by atoms with van der Waals surface area (Å²) in [5.41, 5.74) is 11.7. The van der Waals surface area contributed by atoms with Crippen LogP contribution in [0.15, 0.2) is 64.5 Å². The summed E-state index contributed by atoms with van der Waals surface area (Å²) in [7, 11) is 0. The second kappa shape index (κ2) is 7.91. The van der Waals surface area contributed by atoms with E-state index in [1.807, 2.05) is 0 Å². The quantitative estimate of drug-likeness (QED) is 0.342. The Morgan fingerprint density at radius 2 is 2.07 bits per heavy atom. The molecular weight excluding hydrogens is 388 g/mol. The first-order valence-electron chi connectivity index (χ1n) is 8.98. The van der Waals surface area contributed by atoms with Crippen LogP contribution in [-0.2, 0) is 4.74 Å². The normalized spacial score (nSPS) is 14.2. The third kappa shape index (κ3) is 3.63. The van der Waals surface area contributed by atoms with Gasteiger partial charge in [-0.3, -0.25) is 14.2 Å². The largest absolute Gasteiger partial charge is 0.486 e. The van der Waals surface area contributed by atoms with Gasteiger partial charge in [-0.25, -0.2) is 15.0 Å². The van der Waals surface area contributed by atoms with Crippen LogP contribution in [-0.4, -0.2) is 44.4 Å². The summed E-state index contributed by atoms with van der Waals surface area (Å²) in [6.45, 7) is 0.835. The van der Waals surface area contributed by atoms with Gasteiger partial charge in [-0.05, 0) is 24.3 Å². The van der Waals surface area contributed by atoms with Gasteiger partial charge in [0.2, 0.25) is 0 Å². The average Bonchev–Trinajstić information content (AvgIpc) is 3.26. The zero-order valence-electron chi connectivity index (χ0n) is 15.7. The number of aromatic nitrogens is 4. The van der Waals surface area contributed by atoms with Crippen molar-refractivity contribution in [3.8, 4) is 5.82 Å². The number of carbonyl (C=O) groups is 1. The Morgan fingerprint density at radius 3 is 2.80 bits per heavy atom. The Hall–Kier alpha value is -4.41.